The molecule has 2 aromatic carbocycles. The number of hydrogen-bond acceptors (Lipinski definition) is 5. The molecule has 0 aliphatic heterocycles. The predicted molar refractivity (Wildman–Crippen MR) is 148 cm³/mol. The maximum Gasteiger partial charge on any atom is 0.416 e. The standard InChI is InChI=1S/C31H32F6N4O/c1-19-18-42-29(39-19)41(16-21-11-25(30(32,33)34)14-26(12-21)31(35,36)37)17-24-13-22-8-4-5-9-27(22)40-28(24)23(15-38)10-20-6-2-3-7-20/h4-5,8-9,11-14,18,20,23H,2-3,6-7,10,15-17,38H2,1H3. The molecular formula is C31H32F6N4O. The summed E-state index contributed by atoms with van der Waals surface area (Å²) in [6.45, 7) is 1.82. The highest BCUT2D eigenvalue weighted by Crippen LogP contribution is 2.38. The largest absolute Gasteiger partial charge is 0.432 e. The van der Waals surface area contributed by atoms with Gasteiger partial charge in [0.2, 0.25) is 0 Å². The molecule has 1 fully saturated rings. The van der Waals surface area contributed by atoms with E-state index in [4.69, 9.17) is 15.1 Å². The molecule has 42 heavy (non-hydrogen) atoms. The van der Waals surface area contributed by atoms with E-state index >= 15 is 0 Å². The third-order valence-electron chi connectivity index (χ3n) is 7.86. The molecule has 0 spiro atoms. The molecular weight excluding hydrogens is 558 g/mol. The molecule has 4 aromatic rings. The molecule has 2 heterocycles. The lowest BCUT2D eigenvalue weighted by molar-refractivity contribution is -0.143. The predicted octanol–water partition coefficient (Wildman–Crippen LogP) is 8.40. The van der Waals surface area contributed by atoms with Gasteiger partial charge in [0.15, 0.2) is 0 Å². The van der Waals surface area contributed by atoms with Crippen molar-refractivity contribution in [3.63, 3.8) is 0 Å². The van der Waals surface area contributed by atoms with Crippen LogP contribution < -0.4 is 10.6 Å². The maximum atomic E-state index is 13.6. The Morgan fingerprint density at radius 2 is 1.60 bits per heavy atom. The van der Waals surface area contributed by atoms with E-state index in [0.29, 0.717) is 18.2 Å². The third-order valence-corrected chi connectivity index (χ3v) is 7.86. The molecule has 1 atom stereocenters. The first-order valence-corrected chi connectivity index (χ1v) is 13.9. The fourth-order valence-corrected chi connectivity index (χ4v) is 5.84. The molecule has 0 radical (unpaired) electrons. The molecule has 0 bridgehead atoms. The number of anilines is 1. The van der Waals surface area contributed by atoms with Crippen molar-refractivity contribution in [3.05, 3.63) is 88.4 Å². The van der Waals surface area contributed by atoms with Gasteiger partial charge >= 0.3 is 12.4 Å². The first-order chi connectivity index (χ1) is 19.9. The summed E-state index contributed by atoms with van der Waals surface area (Å²) in [6.07, 6.45) is -3.07. The van der Waals surface area contributed by atoms with Crippen molar-refractivity contribution in [2.24, 2.45) is 11.7 Å². The molecule has 1 aliphatic rings. The van der Waals surface area contributed by atoms with Crippen LogP contribution in [0.2, 0.25) is 0 Å². The van der Waals surface area contributed by atoms with Crippen LogP contribution in [0.25, 0.3) is 10.9 Å². The number of hydrogen-bond donors (Lipinski definition) is 1. The van der Waals surface area contributed by atoms with Crippen molar-refractivity contribution in [1.29, 1.82) is 0 Å². The minimum Gasteiger partial charge on any atom is -0.432 e. The lowest BCUT2D eigenvalue weighted by Crippen LogP contribution is -2.26. The Bertz CT molecular complexity index is 1490. The van der Waals surface area contributed by atoms with Crippen LogP contribution in [0, 0.1) is 12.8 Å². The number of fused-ring (bicyclic) bond motifs is 1. The van der Waals surface area contributed by atoms with E-state index in [9.17, 15) is 26.3 Å². The third kappa shape index (κ3) is 6.88. The summed E-state index contributed by atoms with van der Waals surface area (Å²) in [4.78, 5) is 10.9. The number of nitrogens with two attached hydrogens (primary N) is 1. The Morgan fingerprint density at radius 1 is 0.929 bits per heavy atom. The van der Waals surface area contributed by atoms with E-state index < -0.39 is 23.5 Å². The Hall–Kier alpha value is -3.60. The second-order valence-corrected chi connectivity index (χ2v) is 11.1. The zero-order valence-corrected chi connectivity index (χ0v) is 23.1. The number of rotatable bonds is 9. The highest BCUT2D eigenvalue weighted by molar-refractivity contribution is 5.79. The molecule has 1 unspecified atom stereocenters. The number of aromatic nitrogens is 2. The van der Waals surface area contributed by atoms with E-state index in [-0.39, 0.29) is 36.7 Å². The molecule has 5 nitrogen and oxygen atoms in total. The van der Waals surface area contributed by atoms with Crippen LogP contribution >= 0.6 is 0 Å². The normalized spacial score (nSPS) is 15.4. The van der Waals surface area contributed by atoms with Crippen LogP contribution in [0.5, 0.6) is 0 Å². The molecule has 0 saturated heterocycles. The molecule has 1 aliphatic carbocycles. The quantitative estimate of drug-likeness (QED) is 0.198. The highest BCUT2D eigenvalue weighted by atomic mass is 19.4. The first kappa shape index (κ1) is 29.9. The van der Waals surface area contributed by atoms with Gasteiger partial charge in [-0.2, -0.15) is 31.3 Å². The van der Waals surface area contributed by atoms with Crippen LogP contribution in [-0.4, -0.2) is 16.5 Å². The second kappa shape index (κ2) is 11.9. The summed E-state index contributed by atoms with van der Waals surface area (Å²) in [5, 5.41) is 0.856. The smallest absolute Gasteiger partial charge is 0.416 e. The average molecular weight is 591 g/mol. The van der Waals surface area contributed by atoms with Gasteiger partial charge in [-0.1, -0.05) is 43.9 Å². The van der Waals surface area contributed by atoms with Crippen molar-refractivity contribution in [3.8, 4) is 0 Å². The summed E-state index contributed by atoms with van der Waals surface area (Å²) in [6, 6.07) is 11.2. The van der Waals surface area contributed by atoms with E-state index in [1.165, 1.54) is 19.1 Å². The Labute approximate surface area is 239 Å². The van der Waals surface area contributed by atoms with Crippen LogP contribution in [0.1, 0.15) is 71.7 Å². The van der Waals surface area contributed by atoms with Gasteiger partial charge in [0, 0.05) is 30.9 Å². The fraction of sp³-hybridized carbons (Fsp3) is 0.419. The number of halogens is 6. The van der Waals surface area contributed by atoms with Gasteiger partial charge in [0.05, 0.1) is 28.0 Å². The number of para-hydroxylation sites is 1. The molecule has 224 valence electrons. The van der Waals surface area contributed by atoms with Crippen LogP contribution in [0.4, 0.5) is 32.4 Å². The number of oxazole rings is 1. The molecule has 1 saturated carbocycles. The number of pyridine rings is 1. The maximum absolute atomic E-state index is 13.6. The van der Waals surface area contributed by atoms with Gasteiger partial charge in [-0.05, 0) is 60.7 Å². The zero-order valence-electron chi connectivity index (χ0n) is 23.1. The van der Waals surface area contributed by atoms with Crippen LogP contribution in [-0.2, 0) is 25.4 Å². The average Bonchev–Trinajstić information content (AvgIpc) is 3.61. The number of benzene rings is 2. The lowest BCUT2D eigenvalue weighted by atomic mass is 9.88. The number of alkyl halides is 6. The molecule has 5 rings (SSSR count). The SMILES string of the molecule is Cc1coc(N(Cc2cc(C(F)(F)F)cc(C(F)(F)F)c2)Cc2cc3ccccc3nc2C(CN)CC2CCCC2)n1. The summed E-state index contributed by atoms with van der Waals surface area (Å²) in [7, 11) is 0. The van der Waals surface area contributed by atoms with E-state index in [1.54, 1.807) is 11.8 Å². The molecule has 0 amide bonds. The zero-order chi connectivity index (χ0) is 30.1. The van der Waals surface area contributed by atoms with Crippen molar-refractivity contribution < 1.29 is 30.8 Å². The number of nitrogens with zero attached hydrogens (tertiary/aromatic N) is 3. The minimum absolute atomic E-state index is 0.0637. The van der Waals surface area contributed by atoms with Gasteiger partial charge in [-0.3, -0.25) is 4.98 Å². The summed E-state index contributed by atoms with van der Waals surface area (Å²) >= 11 is 0. The minimum atomic E-state index is -4.95. The Kier molecular flexibility index (Phi) is 8.50. The topological polar surface area (TPSA) is 68.2 Å². The Balaban J connectivity index is 1.57. The fourth-order valence-electron chi connectivity index (χ4n) is 5.84. The van der Waals surface area contributed by atoms with Crippen molar-refractivity contribution in [1.82, 2.24) is 9.97 Å². The van der Waals surface area contributed by atoms with E-state index in [2.05, 4.69) is 4.98 Å². The van der Waals surface area contributed by atoms with Crippen molar-refractivity contribution >= 4 is 16.9 Å². The molecule has 2 N–H and O–H groups in total. The van der Waals surface area contributed by atoms with Crippen molar-refractivity contribution in [2.45, 2.75) is 70.4 Å². The summed E-state index contributed by atoms with van der Waals surface area (Å²) < 4.78 is 87.3. The lowest BCUT2D eigenvalue weighted by Gasteiger charge is -2.26. The van der Waals surface area contributed by atoms with Crippen molar-refractivity contribution in [2.75, 3.05) is 11.4 Å². The molecule has 11 heteroatoms. The van der Waals surface area contributed by atoms with E-state index in [0.717, 1.165) is 53.6 Å². The van der Waals surface area contributed by atoms with Gasteiger partial charge in [0.1, 0.15) is 6.26 Å². The van der Waals surface area contributed by atoms with Crippen LogP contribution in [0.15, 0.2) is 59.2 Å². The number of aryl methyl sites for hydroxylation is 1. The van der Waals surface area contributed by atoms with Gasteiger partial charge in [-0.15, -0.1) is 0 Å². The second-order valence-electron chi connectivity index (χ2n) is 11.1. The Morgan fingerprint density at radius 3 is 2.19 bits per heavy atom. The summed E-state index contributed by atoms with van der Waals surface area (Å²) in [5.74, 6) is 0.460. The van der Waals surface area contributed by atoms with E-state index in [1.807, 2.05) is 30.3 Å². The van der Waals surface area contributed by atoms with Gasteiger partial charge in [-0.25, -0.2) is 0 Å². The van der Waals surface area contributed by atoms with Gasteiger partial charge in [0.25, 0.3) is 6.01 Å². The summed E-state index contributed by atoms with van der Waals surface area (Å²) in [5.41, 5.74) is 6.21. The van der Waals surface area contributed by atoms with Crippen LogP contribution in [0.3, 0.4) is 0 Å². The first-order valence-electron chi connectivity index (χ1n) is 13.9. The highest BCUT2D eigenvalue weighted by Gasteiger charge is 2.37. The monoisotopic (exact) mass is 590 g/mol. The van der Waals surface area contributed by atoms with Gasteiger partial charge < -0.3 is 15.1 Å². The molecule has 2 aromatic heterocycles.